The average Bonchev–Trinajstić information content (AvgIpc) is 2.53. The second-order valence-electron chi connectivity index (χ2n) is 4.22. The van der Waals surface area contributed by atoms with Crippen LogP contribution in [0.15, 0.2) is 0 Å². The summed E-state index contributed by atoms with van der Waals surface area (Å²) in [6.45, 7) is 5.40. The molecule has 3 heteroatoms. The van der Waals surface area contributed by atoms with Gasteiger partial charge in [0, 0.05) is 30.8 Å². The van der Waals surface area contributed by atoms with Crippen molar-refractivity contribution >= 4 is 5.91 Å². The third kappa shape index (κ3) is 1.04. The number of carbonyl (C=O) groups is 1. The number of hydrogen-bond donors (Lipinski definition) is 1. The number of likely N-dealkylation sites (tertiary alicyclic amines) is 1. The van der Waals surface area contributed by atoms with Crippen molar-refractivity contribution in [2.75, 3.05) is 13.1 Å². The van der Waals surface area contributed by atoms with E-state index in [1.165, 1.54) is 0 Å². The molecule has 2 atom stereocenters. The molecule has 3 nitrogen and oxygen atoms in total. The average molecular weight is 169 g/mol. The summed E-state index contributed by atoms with van der Waals surface area (Å²) in [6.07, 6.45) is -0.110. The van der Waals surface area contributed by atoms with E-state index < -0.39 is 0 Å². The highest BCUT2D eigenvalue weighted by atomic mass is 16.3. The number of aliphatic hydroxyl groups is 1. The first-order chi connectivity index (χ1) is 5.61. The van der Waals surface area contributed by atoms with Crippen molar-refractivity contribution in [3.05, 3.63) is 0 Å². The van der Waals surface area contributed by atoms with Gasteiger partial charge in [0.25, 0.3) is 0 Å². The van der Waals surface area contributed by atoms with Gasteiger partial charge in [0.2, 0.25) is 5.91 Å². The summed E-state index contributed by atoms with van der Waals surface area (Å²) in [5.74, 6) is 1.12. The van der Waals surface area contributed by atoms with Crippen LogP contribution in [0.2, 0.25) is 0 Å². The summed E-state index contributed by atoms with van der Waals surface area (Å²) < 4.78 is 0. The molecule has 68 valence electrons. The van der Waals surface area contributed by atoms with E-state index in [-0.39, 0.29) is 17.9 Å². The molecule has 1 heterocycles. The Labute approximate surface area is 72.4 Å². The minimum Gasteiger partial charge on any atom is -0.392 e. The fourth-order valence-electron chi connectivity index (χ4n) is 2.04. The largest absolute Gasteiger partial charge is 0.392 e. The third-order valence-corrected chi connectivity index (χ3v) is 2.95. The summed E-state index contributed by atoms with van der Waals surface area (Å²) in [4.78, 5) is 13.3. The van der Waals surface area contributed by atoms with Crippen molar-refractivity contribution in [1.82, 2.24) is 4.90 Å². The van der Waals surface area contributed by atoms with E-state index in [0.29, 0.717) is 11.8 Å². The van der Waals surface area contributed by atoms with Gasteiger partial charge in [0.1, 0.15) is 0 Å². The minimum absolute atomic E-state index is 0.0969. The van der Waals surface area contributed by atoms with E-state index in [1.54, 1.807) is 0 Å². The topological polar surface area (TPSA) is 40.5 Å². The van der Waals surface area contributed by atoms with Crippen molar-refractivity contribution in [3.63, 3.8) is 0 Å². The zero-order chi connectivity index (χ0) is 8.88. The van der Waals surface area contributed by atoms with E-state index in [1.807, 2.05) is 18.7 Å². The van der Waals surface area contributed by atoms with E-state index >= 15 is 0 Å². The molecule has 2 aliphatic rings. The first-order valence-corrected chi connectivity index (χ1v) is 4.58. The Morgan fingerprint density at radius 3 is 2.33 bits per heavy atom. The molecule has 0 aromatic heterocycles. The lowest BCUT2D eigenvalue weighted by Gasteiger charge is -2.20. The van der Waals surface area contributed by atoms with Gasteiger partial charge in [-0.15, -0.1) is 0 Å². The molecular formula is C9H15NO2. The van der Waals surface area contributed by atoms with E-state index in [9.17, 15) is 9.90 Å². The van der Waals surface area contributed by atoms with Crippen molar-refractivity contribution in [1.29, 1.82) is 0 Å². The van der Waals surface area contributed by atoms with Gasteiger partial charge < -0.3 is 10.0 Å². The molecule has 1 aliphatic heterocycles. The lowest BCUT2D eigenvalue weighted by atomic mass is 10.2. The quantitative estimate of drug-likeness (QED) is 0.604. The van der Waals surface area contributed by atoms with Crippen LogP contribution in [0.3, 0.4) is 0 Å². The first-order valence-electron chi connectivity index (χ1n) is 4.58. The molecule has 1 aliphatic carbocycles. The Hall–Kier alpha value is -0.570. The summed E-state index contributed by atoms with van der Waals surface area (Å²) in [7, 11) is 0. The van der Waals surface area contributed by atoms with E-state index in [0.717, 1.165) is 13.1 Å². The monoisotopic (exact) mass is 169 g/mol. The predicted molar refractivity (Wildman–Crippen MR) is 44.4 cm³/mol. The Kier molecular flexibility index (Phi) is 1.65. The maximum atomic E-state index is 11.5. The first kappa shape index (κ1) is 8.05. The summed E-state index contributed by atoms with van der Waals surface area (Å²) >= 11 is 0. The van der Waals surface area contributed by atoms with Gasteiger partial charge in [-0.05, 0) is 0 Å². The minimum atomic E-state index is -0.110. The van der Waals surface area contributed by atoms with E-state index in [4.69, 9.17) is 0 Å². The van der Waals surface area contributed by atoms with Gasteiger partial charge >= 0.3 is 0 Å². The maximum Gasteiger partial charge on any atom is 0.225 e. The predicted octanol–water partition coefficient (Wildman–Crippen LogP) is 0.0915. The SMILES string of the molecule is CC(C)C(=O)N1CC2C(O)C2C1. The zero-order valence-electron chi connectivity index (χ0n) is 7.53. The van der Waals surface area contributed by atoms with Crippen molar-refractivity contribution in [2.24, 2.45) is 17.8 Å². The zero-order valence-corrected chi connectivity index (χ0v) is 7.53. The van der Waals surface area contributed by atoms with Crippen LogP contribution in [0.1, 0.15) is 13.8 Å². The normalized spacial score (nSPS) is 38.7. The highest BCUT2D eigenvalue weighted by Gasteiger charge is 2.56. The second-order valence-corrected chi connectivity index (χ2v) is 4.22. The van der Waals surface area contributed by atoms with Crippen LogP contribution < -0.4 is 0 Å². The fraction of sp³-hybridized carbons (Fsp3) is 0.889. The van der Waals surface area contributed by atoms with Gasteiger partial charge in [-0.2, -0.15) is 0 Å². The molecule has 1 saturated heterocycles. The molecule has 2 unspecified atom stereocenters. The highest BCUT2D eigenvalue weighted by Crippen LogP contribution is 2.45. The van der Waals surface area contributed by atoms with E-state index in [2.05, 4.69) is 0 Å². The number of carbonyl (C=O) groups excluding carboxylic acids is 1. The van der Waals surface area contributed by atoms with Gasteiger partial charge in [-0.3, -0.25) is 4.79 Å². The Balaban J connectivity index is 1.90. The molecule has 2 rings (SSSR count). The van der Waals surface area contributed by atoms with Crippen LogP contribution in [0.5, 0.6) is 0 Å². The number of nitrogens with zero attached hydrogens (tertiary/aromatic N) is 1. The number of amides is 1. The number of hydrogen-bond acceptors (Lipinski definition) is 2. The number of piperidine rings is 1. The third-order valence-electron chi connectivity index (χ3n) is 2.95. The molecule has 0 spiro atoms. The van der Waals surface area contributed by atoms with Crippen LogP contribution >= 0.6 is 0 Å². The molecule has 1 N–H and O–H groups in total. The fourth-order valence-corrected chi connectivity index (χ4v) is 2.04. The molecule has 0 radical (unpaired) electrons. The molecule has 0 aromatic carbocycles. The smallest absolute Gasteiger partial charge is 0.225 e. The summed E-state index contributed by atoms with van der Waals surface area (Å²) in [6, 6.07) is 0. The van der Waals surface area contributed by atoms with Crippen LogP contribution in [0.25, 0.3) is 0 Å². The Morgan fingerprint density at radius 2 is 1.92 bits per heavy atom. The van der Waals surface area contributed by atoms with Crippen LogP contribution in [0.4, 0.5) is 0 Å². The maximum absolute atomic E-state index is 11.5. The number of aliphatic hydroxyl groups excluding tert-OH is 1. The second kappa shape index (κ2) is 2.46. The molecule has 0 aromatic rings. The van der Waals surface area contributed by atoms with Gasteiger partial charge in [0.15, 0.2) is 0 Å². The molecule has 12 heavy (non-hydrogen) atoms. The summed E-state index contributed by atoms with van der Waals surface area (Å²) in [5.41, 5.74) is 0. The molecular weight excluding hydrogens is 154 g/mol. The lowest BCUT2D eigenvalue weighted by Crippen LogP contribution is -2.35. The summed E-state index contributed by atoms with van der Waals surface area (Å²) in [5, 5.41) is 9.25. The Morgan fingerprint density at radius 1 is 1.42 bits per heavy atom. The van der Waals surface area contributed by atoms with Crippen LogP contribution in [0, 0.1) is 17.8 Å². The van der Waals surface area contributed by atoms with Gasteiger partial charge in [0.05, 0.1) is 6.10 Å². The lowest BCUT2D eigenvalue weighted by molar-refractivity contribution is -0.134. The standard InChI is InChI=1S/C9H15NO2/c1-5(2)9(12)10-3-6-7(4-10)8(6)11/h5-8,11H,3-4H2,1-2H3. The van der Waals surface area contributed by atoms with Crippen molar-refractivity contribution < 1.29 is 9.90 Å². The molecule has 1 saturated carbocycles. The van der Waals surface area contributed by atoms with Gasteiger partial charge in [-0.25, -0.2) is 0 Å². The van der Waals surface area contributed by atoms with Crippen molar-refractivity contribution in [2.45, 2.75) is 20.0 Å². The Bertz CT molecular complexity index is 203. The number of fused-ring (bicyclic) bond motifs is 1. The van der Waals surface area contributed by atoms with Crippen LogP contribution in [-0.4, -0.2) is 35.1 Å². The molecule has 1 amide bonds. The highest BCUT2D eigenvalue weighted by molar-refractivity contribution is 5.78. The van der Waals surface area contributed by atoms with Crippen molar-refractivity contribution in [3.8, 4) is 0 Å². The molecule has 0 bridgehead atoms. The molecule has 2 fully saturated rings. The van der Waals surface area contributed by atoms with Crippen LogP contribution in [-0.2, 0) is 4.79 Å². The number of rotatable bonds is 1. The van der Waals surface area contributed by atoms with Gasteiger partial charge in [-0.1, -0.05) is 13.8 Å².